The lowest BCUT2D eigenvalue weighted by atomic mass is 10.1. The predicted molar refractivity (Wildman–Crippen MR) is 79.3 cm³/mol. The van der Waals surface area contributed by atoms with Crippen molar-refractivity contribution in [2.24, 2.45) is 0 Å². The minimum atomic E-state index is -0.297. The number of aryl methyl sites for hydroxylation is 1. The third kappa shape index (κ3) is 2.66. The molecule has 0 saturated heterocycles. The molecule has 0 saturated carbocycles. The van der Waals surface area contributed by atoms with Gasteiger partial charge in [-0.1, -0.05) is 11.6 Å². The second-order valence-corrected chi connectivity index (χ2v) is 5.56. The molecule has 0 bridgehead atoms. The Morgan fingerprint density at radius 2 is 2.10 bits per heavy atom. The minimum absolute atomic E-state index is 0.139. The molecule has 0 atom stereocenters. The van der Waals surface area contributed by atoms with Gasteiger partial charge in [-0.25, -0.2) is 0 Å². The van der Waals surface area contributed by atoms with Gasteiger partial charge in [-0.05, 0) is 33.3 Å². The van der Waals surface area contributed by atoms with Crippen LogP contribution >= 0.6 is 8.46 Å². The molecule has 0 spiro atoms. The molecule has 1 heterocycles. The van der Waals surface area contributed by atoms with Gasteiger partial charge >= 0.3 is 0 Å². The lowest BCUT2D eigenvalue weighted by molar-refractivity contribution is 0.479. The Bertz CT molecular complexity index is 768. The number of rotatable bonds is 3. The predicted octanol–water partition coefficient (Wildman–Crippen LogP) is 3.23. The van der Waals surface area contributed by atoms with Crippen molar-refractivity contribution in [2.45, 2.75) is 27.2 Å². The third-order valence-corrected chi connectivity index (χ3v) is 3.59. The van der Waals surface area contributed by atoms with E-state index < -0.39 is 0 Å². The maximum atomic E-state index is 12.0. The van der Waals surface area contributed by atoms with Gasteiger partial charge in [0.1, 0.15) is 22.5 Å². The SMILES string of the molecule is CC(C)=CCc1c(P=O)cc(O)c2c(=O)cc(C)oc12. The molecule has 0 radical (unpaired) electrons. The number of hydrogen-bond acceptors (Lipinski definition) is 4. The maximum absolute atomic E-state index is 12.0. The Balaban J connectivity index is 2.88. The number of fused-ring (bicyclic) bond motifs is 1. The Labute approximate surface area is 117 Å². The van der Waals surface area contributed by atoms with Crippen LogP contribution in [0.3, 0.4) is 0 Å². The smallest absolute Gasteiger partial charge is 0.196 e. The van der Waals surface area contributed by atoms with Crippen LogP contribution in [0.2, 0.25) is 0 Å². The van der Waals surface area contributed by atoms with E-state index in [1.807, 2.05) is 19.9 Å². The van der Waals surface area contributed by atoms with Gasteiger partial charge in [0.15, 0.2) is 13.9 Å². The lowest BCUT2D eigenvalue weighted by Gasteiger charge is -2.08. The molecule has 4 nitrogen and oxygen atoms in total. The highest BCUT2D eigenvalue weighted by Gasteiger charge is 2.16. The number of phenolic OH excluding ortho intramolecular Hbond substituents is 1. The molecule has 104 valence electrons. The second-order valence-electron chi connectivity index (χ2n) is 4.90. The van der Waals surface area contributed by atoms with E-state index in [9.17, 15) is 14.5 Å². The zero-order chi connectivity index (χ0) is 14.9. The first-order valence-electron chi connectivity index (χ1n) is 6.20. The fraction of sp³-hybridized carbons (Fsp3) is 0.267. The Morgan fingerprint density at radius 3 is 2.70 bits per heavy atom. The monoisotopic (exact) mass is 290 g/mol. The molecule has 0 amide bonds. The fourth-order valence-corrected chi connectivity index (χ4v) is 2.53. The summed E-state index contributed by atoms with van der Waals surface area (Å²) < 4.78 is 16.9. The molecular weight excluding hydrogens is 275 g/mol. The minimum Gasteiger partial charge on any atom is -0.507 e. The molecule has 20 heavy (non-hydrogen) atoms. The van der Waals surface area contributed by atoms with E-state index in [1.165, 1.54) is 12.1 Å². The summed E-state index contributed by atoms with van der Waals surface area (Å²) in [7, 11) is -0.215. The molecule has 5 heteroatoms. The summed E-state index contributed by atoms with van der Waals surface area (Å²) in [6.45, 7) is 5.58. The first kappa shape index (κ1) is 14.5. The number of hydrogen-bond donors (Lipinski definition) is 1. The van der Waals surface area contributed by atoms with E-state index in [2.05, 4.69) is 0 Å². The molecule has 1 aromatic heterocycles. The summed E-state index contributed by atoms with van der Waals surface area (Å²) in [5.74, 6) is 0.258. The normalized spacial score (nSPS) is 10.9. The molecule has 1 aromatic carbocycles. The summed E-state index contributed by atoms with van der Waals surface area (Å²) in [5, 5.41) is 10.5. The van der Waals surface area contributed by atoms with Crippen molar-refractivity contribution in [2.75, 3.05) is 0 Å². The van der Waals surface area contributed by atoms with Gasteiger partial charge in [0.25, 0.3) is 0 Å². The molecule has 2 rings (SSSR count). The van der Waals surface area contributed by atoms with Crippen molar-refractivity contribution in [1.82, 2.24) is 0 Å². The Hall–Kier alpha value is -1.93. The van der Waals surface area contributed by atoms with Crippen molar-refractivity contribution < 1.29 is 14.1 Å². The lowest BCUT2D eigenvalue weighted by Crippen LogP contribution is -2.09. The fourth-order valence-electron chi connectivity index (χ4n) is 2.06. The molecule has 2 aromatic rings. The summed E-state index contributed by atoms with van der Waals surface area (Å²) in [6, 6.07) is 2.69. The maximum Gasteiger partial charge on any atom is 0.196 e. The van der Waals surface area contributed by atoms with Crippen molar-refractivity contribution in [1.29, 1.82) is 0 Å². The van der Waals surface area contributed by atoms with Crippen molar-refractivity contribution in [3.05, 3.63) is 45.3 Å². The molecule has 1 N–H and O–H groups in total. The van der Waals surface area contributed by atoms with Crippen LogP contribution in [-0.4, -0.2) is 5.11 Å². The van der Waals surface area contributed by atoms with E-state index in [0.717, 1.165) is 5.57 Å². The van der Waals surface area contributed by atoms with Crippen molar-refractivity contribution in [3.63, 3.8) is 0 Å². The van der Waals surface area contributed by atoms with Crippen LogP contribution in [0, 0.1) is 6.92 Å². The van der Waals surface area contributed by atoms with Crippen LogP contribution in [-0.2, 0) is 11.0 Å². The zero-order valence-corrected chi connectivity index (χ0v) is 12.5. The van der Waals surface area contributed by atoms with E-state index >= 15 is 0 Å². The van der Waals surface area contributed by atoms with Crippen LogP contribution < -0.4 is 10.7 Å². The molecule has 0 aliphatic rings. The average molecular weight is 290 g/mol. The van der Waals surface area contributed by atoms with E-state index in [0.29, 0.717) is 28.6 Å². The van der Waals surface area contributed by atoms with Crippen molar-refractivity contribution >= 4 is 24.7 Å². The molecular formula is C15H15O4P. The van der Waals surface area contributed by atoms with Crippen LogP contribution in [0.4, 0.5) is 0 Å². The standard InChI is InChI=1S/C15H15O4P/c1-8(2)4-5-10-13(20-18)7-12(17)14-11(16)6-9(3)19-15(10)14/h4,6-7,17H,5H2,1-3H3. The highest BCUT2D eigenvalue weighted by Crippen LogP contribution is 2.27. The first-order chi connectivity index (χ1) is 9.43. The highest BCUT2D eigenvalue weighted by molar-refractivity contribution is 7.34. The molecule has 0 aliphatic carbocycles. The quantitative estimate of drug-likeness (QED) is 0.696. The van der Waals surface area contributed by atoms with Gasteiger partial charge in [-0.2, -0.15) is 0 Å². The van der Waals surface area contributed by atoms with E-state index in [4.69, 9.17) is 4.42 Å². The first-order valence-corrected chi connectivity index (χ1v) is 7.01. The van der Waals surface area contributed by atoms with Gasteiger partial charge in [-0.3, -0.25) is 9.36 Å². The summed E-state index contributed by atoms with van der Waals surface area (Å²) in [6.07, 6.45) is 2.46. The third-order valence-electron chi connectivity index (χ3n) is 3.00. The zero-order valence-electron chi connectivity index (χ0n) is 11.6. The summed E-state index contributed by atoms with van der Waals surface area (Å²) in [5.41, 5.74) is 1.78. The number of aromatic hydroxyl groups is 1. The second kappa shape index (κ2) is 5.59. The summed E-state index contributed by atoms with van der Waals surface area (Å²) in [4.78, 5) is 12.0. The van der Waals surface area contributed by atoms with Gasteiger partial charge in [0.2, 0.25) is 0 Å². The largest absolute Gasteiger partial charge is 0.507 e. The number of allylic oxidation sites excluding steroid dienone is 2. The van der Waals surface area contributed by atoms with Gasteiger partial charge in [0, 0.05) is 11.6 Å². The van der Waals surface area contributed by atoms with Gasteiger partial charge in [-0.15, -0.1) is 0 Å². The van der Waals surface area contributed by atoms with Crippen molar-refractivity contribution in [3.8, 4) is 5.75 Å². The van der Waals surface area contributed by atoms with Gasteiger partial charge < -0.3 is 9.52 Å². The highest BCUT2D eigenvalue weighted by atomic mass is 31.1. The number of benzene rings is 1. The van der Waals surface area contributed by atoms with Crippen LogP contribution in [0.25, 0.3) is 11.0 Å². The molecule has 0 aliphatic heterocycles. The Kier molecular flexibility index (Phi) is 4.05. The average Bonchev–Trinajstić information content (AvgIpc) is 2.35. The van der Waals surface area contributed by atoms with Crippen LogP contribution in [0.1, 0.15) is 25.2 Å². The van der Waals surface area contributed by atoms with Gasteiger partial charge in [0.05, 0.1) is 5.30 Å². The van der Waals surface area contributed by atoms with E-state index in [1.54, 1.807) is 6.92 Å². The summed E-state index contributed by atoms with van der Waals surface area (Å²) >= 11 is 0. The molecule has 0 unspecified atom stereocenters. The number of phenols is 1. The topological polar surface area (TPSA) is 67.5 Å². The van der Waals surface area contributed by atoms with Crippen LogP contribution in [0.5, 0.6) is 5.75 Å². The van der Waals surface area contributed by atoms with E-state index in [-0.39, 0.29) is 25.0 Å². The van der Waals surface area contributed by atoms with Crippen LogP contribution in [0.15, 0.2) is 33.0 Å². The Morgan fingerprint density at radius 1 is 1.40 bits per heavy atom. The molecule has 0 fully saturated rings.